The molecule has 2 aliphatic rings. The summed E-state index contributed by atoms with van der Waals surface area (Å²) in [6.45, 7) is 10.9. The molecule has 2 aliphatic heterocycles. The van der Waals surface area contributed by atoms with Crippen molar-refractivity contribution in [1.82, 2.24) is 4.90 Å². The Labute approximate surface area is 139 Å². The van der Waals surface area contributed by atoms with Gasteiger partial charge in [-0.3, -0.25) is 4.79 Å². The number of nitrogens with zero attached hydrogens (tertiary/aromatic N) is 2. The van der Waals surface area contributed by atoms with Crippen LogP contribution in [0.4, 0.5) is 5.69 Å². The molecular formula is C19H28N2O2. The summed E-state index contributed by atoms with van der Waals surface area (Å²) >= 11 is 0. The first-order chi connectivity index (χ1) is 11.0. The molecule has 1 amide bonds. The van der Waals surface area contributed by atoms with E-state index in [1.54, 1.807) is 0 Å². The molecule has 2 saturated heterocycles. The fourth-order valence-corrected chi connectivity index (χ4v) is 3.53. The lowest BCUT2D eigenvalue weighted by molar-refractivity contribution is -0.141. The minimum atomic E-state index is -0.191. The summed E-state index contributed by atoms with van der Waals surface area (Å²) in [6, 6.07) is 8.65. The second-order valence-electron chi connectivity index (χ2n) is 7.58. The maximum atomic E-state index is 12.5. The van der Waals surface area contributed by atoms with Gasteiger partial charge in [-0.25, -0.2) is 0 Å². The Hall–Kier alpha value is -1.55. The van der Waals surface area contributed by atoms with Gasteiger partial charge in [-0.2, -0.15) is 0 Å². The second-order valence-corrected chi connectivity index (χ2v) is 7.58. The summed E-state index contributed by atoms with van der Waals surface area (Å²) in [5, 5.41) is 0. The molecule has 2 fully saturated rings. The number of para-hydroxylation sites is 1. The van der Waals surface area contributed by atoms with Crippen LogP contribution in [0.2, 0.25) is 0 Å². The zero-order chi connectivity index (χ0) is 16.4. The quantitative estimate of drug-likeness (QED) is 0.841. The van der Waals surface area contributed by atoms with Crippen molar-refractivity contribution in [1.29, 1.82) is 0 Å². The number of hydrogen-bond donors (Lipinski definition) is 0. The average Bonchev–Trinajstić information content (AvgIpc) is 3.08. The van der Waals surface area contributed by atoms with Crippen LogP contribution in [0.15, 0.2) is 24.3 Å². The number of amides is 1. The van der Waals surface area contributed by atoms with Crippen molar-refractivity contribution < 1.29 is 9.53 Å². The number of benzene rings is 1. The van der Waals surface area contributed by atoms with Crippen molar-refractivity contribution in [2.24, 2.45) is 0 Å². The van der Waals surface area contributed by atoms with Gasteiger partial charge in [0.25, 0.3) is 5.91 Å². The van der Waals surface area contributed by atoms with Gasteiger partial charge < -0.3 is 14.5 Å². The molecule has 0 saturated carbocycles. The summed E-state index contributed by atoms with van der Waals surface area (Å²) in [5.74, 6) is 0.186. The Morgan fingerprint density at radius 1 is 1.13 bits per heavy atom. The van der Waals surface area contributed by atoms with Crippen LogP contribution in [0.1, 0.15) is 39.2 Å². The summed E-state index contributed by atoms with van der Waals surface area (Å²) in [7, 11) is 0. The van der Waals surface area contributed by atoms with Crippen LogP contribution in [0, 0.1) is 0 Å². The maximum Gasteiger partial charge on any atom is 0.251 e. The Morgan fingerprint density at radius 2 is 1.83 bits per heavy atom. The number of carbonyl (C=O) groups excluding carboxylic acids is 1. The number of hydrogen-bond acceptors (Lipinski definition) is 3. The molecule has 0 aliphatic carbocycles. The molecule has 0 N–H and O–H groups in total. The minimum Gasteiger partial charge on any atom is -0.368 e. The first kappa shape index (κ1) is 16.3. The van der Waals surface area contributed by atoms with Crippen molar-refractivity contribution in [2.45, 2.75) is 45.1 Å². The number of ether oxygens (including phenoxy) is 1. The van der Waals surface area contributed by atoms with Gasteiger partial charge in [-0.05, 0) is 29.9 Å². The molecular weight excluding hydrogens is 288 g/mol. The van der Waals surface area contributed by atoms with Gasteiger partial charge in [0.1, 0.15) is 6.10 Å². The van der Waals surface area contributed by atoms with Crippen LogP contribution in [0.3, 0.4) is 0 Å². The predicted molar refractivity (Wildman–Crippen MR) is 92.9 cm³/mol. The molecule has 4 heteroatoms. The zero-order valence-corrected chi connectivity index (χ0v) is 14.5. The normalized spacial score (nSPS) is 22.5. The van der Waals surface area contributed by atoms with E-state index in [0.717, 1.165) is 45.6 Å². The van der Waals surface area contributed by atoms with E-state index in [0.29, 0.717) is 0 Å². The number of rotatable bonds is 2. The Morgan fingerprint density at radius 3 is 2.43 bits per heavy atom. The van der Waals surface area contributed by atoms with Crippen LogP contribution in [-0.4, -0.2) is 49.7 Å². The third-order valence-corrected chi connectivity index (χ3v) is 4.85. The molecule has 1 unspecified atom stereocenters. The van der Waals surface area contributed by atoms with Crippen LogP contribution >= 0.6 is 0 Å². The summed E-state index contributed by atoms with van der Waals surface area (Å²) in [5.41, 5.74) is 2.81. The molecule has 1 aromatic carbocycles. The van der Waals surface area contributed by atoms with Gasteiger partial charge >= 0.3 is 0 Å². The smallest absolute Gasteiger partial charge is 0.251 e. The topological polar surface area (TPSA) is 32.8 Å². The summed E-state index contributed by atoms with van der Waals surface area (Å²) < 4.78 is 5.54. The lowest BCUT2D eigenvalue weighted by Crippen LogP contribution is -2.51. The van der Waals surface area contributed by atoms with Crippen molar-refractivity contribution in [3.05, 3.63) is 29.8 Å². The molecule has 23 heavy (non-hydrogen) atoms. The van der Waals surface area contributed by atoms with Crippen LogP contribution in [-0.2, 0) is 14.9 Å². The third-order valence-electron chi connectivity index (χ3n) is 4.85. The van der Waals surface area contributed by atoms with Crippen molar-refractivity contribution >= 4 is 11.6 Å². The van der Waals surface area contributed by atoms with Crippen LogP contribution in [0.5, 0.6) is 0 Å². The average molecular weight is 316 g/mol. The molecule has 0 spiro atoms. The van der Waals surface area contributed by atoms with Gasteiger partial charge in [0, 0.05) is 38.5 Å². The third kappa shape index (κ3) is 3.52. The molecule has 2 heterocycles. The molecule has 1 aromatic rings. The summed E-state index contributed by atoms with van der Waals surface area (Å²) in [6.07, 6.45) is 1.70. The fourth-order valence-electron chi connectivity index (χ4n) is 3.53. The Bertz CT molecular complexity index is 551. The minimum absolute atomic E-state index is 0.126. The van der Waals surface area contributed by atoms with E-state index in [4.69, 9.17) is 4.74 Å². The highest BCUT2D eigenvalue weighted by Crippen LogP contribution is 2.32. The SMILES string of the molecule is CC(C)(C)c1ccccc1N1CCN(C(=O)C2CCCO2)CC1. The van der Waals surface area contributed by atoms with E-state index in [1.807, 2.05) is 4.90 Å². The number of carbonyl (C=O) groups is 1. The molecule has 126 valence electrons. The van der Waals surface area contributed by atoms with E-state index in [-0.39, 0.29) is 17.4 Å². The Kier molecular flexibility index (Phi) is 4.62. The molecule has 0 radical (unpaired) electrons. The van der Waals surface area contributed by atoms with E-state index in [9.17, 15) is 4.79 Å². The van der Waals surface area contributed by atoms with E-state index in [1.165, 1.54) is 11.3 Å². The highest BCUT2D eigenvalue weighted by Gasteiger charge is 2.31. The maximum absolute atomic E-state index is 12.5. The fraction of sp³-hybridized carbons (Fsp3) is 0.632. The van der Waals surface area contributed by atoms with Gasteiger partial charge in [0.15, 0.2) is 0 Å². The van der Waals surface area contributed by atoms with Crippen LogP contribution < -0.4 is 4.90 Å². The van der Waals surface area contributed by atoms with Gasteiger partial charge in [0.05, 0.1) is 0 Å². The second kappa shape index (κ2) is 6.52. The van der Waals surface area contributed by atoms with Crippen molar-refractivity contribution in [3.8, 4) is 0 Å². The lowest BCUT2D eigenvalue weighted by Gasteiger charge is -2.39. The van der Waals surface area contributed by atoms with E-state index < -0.39 is 0 Å². The zero-order valence-electron chi connectivity index (χ0n) is 14.5. The lowest BCUT2D eigenvalue weighted by atomic mass is 9.85. The largest absolute Gasteiger partial charge is 0.368 e. The van der Waals surface area contributed by atoms with Gasteiger partial charge in [-0.1, -0.05) is 39.0 Å². The van der Waals surface area contributed by atoms with Gasteiger partial charge in [-0.15, -0.1) is 0 Å². The standard InChI is InChI=1S/C19H28N2O2/c1-19(2,3)15-7-4-5-8-16(15)20-10-12-21(13-11-20)18(22)17-9-6-14-23-17/h4-5,7-8,17H,6,9-14H2,1-3H3. The Balaban J connectivity index is 1.66. The van der Waals surface area contributed by atoms with E-state index >= 15 is 0 Å². The van der Waals surface area contributed by atoms with E-state index in [2.05, 4.69) is 49.9 Å². The first-order valence-corrected chi connectivity index (χ1v) is 8.71. The highest BCUT2D eigenvalue weighted by molar-refractivity contribution is 5.81. The van der Waals surface area contributed by atoms with Crippen molar-refractivity contribution in [3.63, 3.8) is 0 Å². The van der Waals surface area contributed by atoms with Crippen molar-refractivity contribution in [2.75, 3.05) is 37.7 Å². The predicted octanol–water partition coefficient (Wildman–Crippen LogP) is 2.81. The monoisotopic (exact) mass is 316 g/mol. The number of piperazine rings is 1. The molecule has 0 aromatic heterocycles. The van der Waals surface area contributed by atoms with Gasteiger partial charge in [0.2, 0.25) is 0 Å². The molecule has 0 bridgehead atoms. The highest BCUT2D eigenvalue weighted by atomic mass is 16.5. The summed E-state index contributed by atoms with van der Waals surface area (Å²) in [4.78, 5) is 16.8. The molecule has 1 atom stereocenters. The van der Waals surface area contributed by atoms with Crippen LogP contribution in [0.25, 0.3) is 0 Å². The molecule has 4 nitrogen and oxygen atoms in total. The number of anilines is 1. The molecule has 3 rings (SSSR count). The first-order valence-electron chi connectivity index (χ1n) is 8.71.